The molecule has 0 amide bonds. The van der Waals surface area contributed by atoms with Crippen molar-refractivity contribution in [3.63, 3.8) is 0 Å². The highest BCUT2D eigenvalue weighted by Gasteiger charge is 2.35. The van der Waals surface area contributed by atoms with Crippen molar-refractivity contribution in [3.8, 4) is 34.6 Å². The second-order valence-corrected chi connectivity index (χ2v) is 9.10. The number of hydrogen-bond donors (Lipinski definition) is 1. The fourth-order valence-corrected chi connectivity index (χ4v) is 3.99. The summed E-state index contributed by atoms with van der Waals surface area (Å²) in [4.78, 5) is 4.45. The predicted molar refractivity (Wildman–Crippen MR) is 132 cm³/mol. The van der Waals surface area contributed by atoms with Crippen molar-refractivity contribution in [1.82, 2.24) is 19.6 Å². The highest BCUT2D eigenvalue weighted by atomic mass is 35.5. The third kappa shape index (κ3) is 6.13. The summed E-state index contributed by atoms with van der Waals surface area (Å²) in [7, 11) is 3.47. The first-order valence-electron chi connectivity index (χ1n) is 11.4. The molecule has 0 aliphatic carbocycles. The van der Waals surface area contributed by atoms with Crippen LogP contribution in [0.3, 0.4) is 0 Å². The van der Waals surface area contributed by atoms with Crippen molar-refractivity contribution in [2.45, 2.75) is 12.8 Å². The molecule has 0 bridgehead atoms. The minimum Gasteiger partial charge on any atom is -0.506 e. The minimum absolute atomic E-state index is 0.117. The summed E-state index contributed by atoms with van der Waals surface area (Å²) in [6.45, 7) is 4.35. The normalized spacial score (nSPS) is 14.9. The summed E-state index contributed by atoms with van der Waals surface area (Å²) in [5.74, 6) is 6.16. The summed E-state index contributed by atoms with van der Waals surface area (Å²) in [5, 5.41) is 15.3. The van der Waals surface area contributed by atoms with Gasteiger partial charge in [-0.25, -0.2) is 0 Å². The Balaban J connectivity index is 1.66. The van der Waals surface area contributed by atoms with E-state index in [1.807, 2.05) is 12.1 Å². The Bertz CT molecular complexity index is 1270. The lowest BCUT2D eigenvalue weighted by Crippen LogP contribution is -2.44. The second-order valence-electron chi connectivity index (χ2n) is 8.67. The Kier molecular flexibility index (Phi) is 7.79. The number of ether oxygens (including phenoxy) is 1. The third-order valence-electron chi connectivity index (χ3n) is 6.01. The molecule has 2 heterocycles. The van der Waals surface area contributed by atoms with Gasteiger partial charge < -0.3 is 14.7 Å². The van der Waals surface area contributed by atoms with Gasteiger partial charge in [0.05, 0.1) is 12.2 Å². The number of aromatic nitrogens is 2. The van der Waals surface area contributed by atoms with E-state index in [0.29, 0.717) is 17.3 Å². The van der Waals surface area contributed by atoms with Gasteiger partial charge in [-0.3, -0.25) is 9.58 Å². The lowest BCUT2D eigenvalue weighted by molar-refractivity contribution is -0.141. The Hall–Kier alpha value is -3.19. The Morgan fingerprint density at radius 2 is 1.75 bits per heavy atom. The number of aryl methyl sites for hydroxylation is 1. The van der Waals surface area contributed by atoms with E-state index in [0.717, 1.165) is 42.5 Å². The maximum Gasteiger partial charge on any atom is 0.435 e. The van der Waals surface area contributed by atoms with Crippen LogP contribution < -0.4 is 4.74 Å². The first-order valence-corrected chi connectivity index (χ1v) is 11.7. The van der Waals surface area contributed by atoms with Gasteiger partial charge in [0.25, 0.3) is 0 Å². The molecule has 0 atom stereocenters. The smallest absolute Gasteiger partial charge is 0.435 e. The van der Waals surface area contributed by atoms with Gasteiger partial charge in [-0.2, -0.15) is 18.3 Å². The van der Waals surface area contributed by atoms with Crippen LogP contribution in [-0.2, 0) is 19.8 Å². The molecule has 190 valence electrons. The Morgan fingerprint density at radius 1 is 1.06 bits per heavy atom. The first kappa shape index (κ1) is 25.9. The van der Waals surface area contributed by atoms with Crippen molar-refractivity contribution in [2.75, 3.05) is 39.8 Å². The lowest BCUT2D eigenvalue weighted by Gasteiger charge is -2.30. The van der Waals surface area contributed by atoms with Crippen LogP contribution in [0.5, 0.6) is 11.5 Å². The molecule has 3 aromatic rings. The fourth-order valence-electron chi connectivity index (χ4n) is 3.87. The predicted octanol–water partition coefficient (Wildman–Crippen LogP) is 4.64. The van der Waals surface area contributed by atoms with E-state index < -0.39 is 11.9 Å². The van der Waals surface area contributed by atoms with Crippen molar-refractivity contribution in [2.24, 2.45) is 7.05 Å². The zero-order chi connectivity index (χ0) is 25.9. The molecule has 0 unspecified atom stereocenters. The molecule has 36 heavy (non-hydrogen) atoms. The number of halogens is 4. The third-order valence-corrected chi connectivity index (χ3v) is 6.26. The molecule has 0 spiro atoms. The number of rotatable bonds is 5. The van der Waals surface area contributed by atoms with Crippen LogP contribution in [0.2, 0.25) is 5.02 Å². The number of alkyl halides is 3. The summed E-state index contributed by atoms with van der Waals surface area (Å²) >= 11 is 5.95. The number of phenolic OH excluding ortho intramolecular Hbond substituents is 1. The van der Waals surface area contributed by atoms with Crippen LogP contribution >= 0.6 is 11.6 Å². The van der Waals surface area contributed by atoms with Gasteiger partial charge in [-0.1, -0.05) is 35.6 Å². The molecule has 10 heteroatoms. The van der Waals surface area contributed by atoms with Crippen LogP contribution in [0.1, 0.15) is 16.8 Å². The molecule has 1 saturated heterocycles. The van der Waals surface area contributed by atoms with Gasteiger partial charge in [-0.05, 0) is 42.9 Å². The SMILES string of the molecule is CN1CCN(CC#Cc2c(OCc3ccc(Cl)cc3)ccc(-c3cc(C(F)(F)F)nn3C)c2O)CC1. The molecule has 1 fully saturated rings. The average Bonchev–Trinajstić information content (AvgIpc) is 3.23. The minimum atomic E-state index is -4.60. The van der Waals surface area contributed by atoms with E-state index in [2.05, 4.69) is 33.8 Å². The molecule has 0 radical (unpaired) electrons. The lowest BCUT2D eigenvalue weighted by atomic mass is 10.0. The molecule has 6 nitrogen and oxygen atoms in total. The summed E-state index contributed by atoms with van der Waals surface area (Å²) < 4.78 is 46.6. The molecule has 1 aliphatic rings. The van der Waals surface area contributed by atoms with Gasteiger partial charge in [0.1, 0.15) is 23.7 Å². The van der Waals surface area contributed by atoms with E-state index in [4.69, 9.17) is 16.3 Å². The summed E-state index contributed by atoms with van der Waals surface area (Å²) in [6.07, 6.45) is -4.60. The van der Waals surface area contributed by atoms with E-state index in [1.54, 1.807) is 18.2 Å². The van der Waals surface area contributed by atoms with Crippen LogP contribution in [-0.4, -0.2) is 64.5 Å². The molecule has 0 saturated carbocycles. The average molecular weight is 519 g/mol. The molecule has 1 aromatic heterocycles. The van der Waals surface area contributed by atoms with Gasteiger partial charge in [0, 0.05) is 43.8 Å². The van der Waals surface area contributed by atoms with Gasteiger partial charge in [0.2, 0.25) is 0 Å². The Labute approximate surface area is 212 Å². The quantitative estimate of drug-likeness (QED) is 0.499. The number of hydrogen-bond acceptors (Lipinski definition) is 5. The summed E-state index contributed by atoms with van der Waals surface area (Å²) in [6, 6.07) is 11.2. The monoisotopic (exact) mass is 518 g/mol. The number of piperazine rings is 1. The van der Waals surface area contributed by atoms with E-state index in [-0.39, 0.29) is 29.2 Å². The second kappa shape index (κ2) is 10.8. The zero-order valence-electron chi connectivity index (χ0n) is 19.9. The Morgan fingerprint density at radius 3 is 2.39 bits per heavy atom. The molecular weight excluding hydrogens is 493 g/mol. The molecule has 2 aromatic carbocycles. The first-order chi connectivity index (χ1) is 17.1. The summed E-state index contributed by atoms with van der Waals surface area (Å²) in [5.41, 5.74) is 0.339. The molecular formula is C26H26ClF3N4O2. The maximum atomic E-state index is 13.2. The van der Waals surface area contributed by atoms with Gasteiger partial charge in [0.15, 0.2) is 5.69 Å². The number of benzene rings is 2. The molecule has 1 N–H and O–H groups in total. The standard InChI is InChI=1S/C26H26ClF3N4O2/c1-32-12-14-34(15-13-32)11-3-4-21-23(36-17-18-5-7-19(27)8-6-18)10-9-20(25(21)35)22-16-24(26(28,29)30)31-33(22)2/h5-10,16,35H,11-15,17H2,1-2H3. The maximum absolute atomic E-state index is 13.2. The van der Waals surface area contributed by atoms with Crippen LogP contribution in [0, 0.1) is 11.8 Å². The highest BCUT2D eigenvalue weighted by molar-refractivity contribution is 6.30. The van der Waals surface area contributed by atoms with Crippen LogP contribution in [0.4, 0.5) is 13.2 Å². The van der Waals surface area contributed by atoms with Crippen LogP contribution in [0.15, 0.2) is 42.5 Å². The number of aromatic hydroxyl groups is 1. The van der Waals surface area contributed by atoms with E-state index in [1.165, 1.54) is 13.1 Å². The van der Waals surface area contributed by atoms with Crippen molar-refractivity contribution in [1.29, 1.82) is 0 Å². The molecule has 4 rings (SSSR count). The largest absolute Gasteiger partial charge is 0.506 e. The highest BCUT2D eigenvalue weighted by Crippen LogP contribution is 2.39. The van der Waals surface area contributed by atoms with Crippen LogP contribution in [0.25, 0.3) is 11.3 Å². The van der Waals surface area contributed by atoms with Crippen molar-refractivity contribution in [3.05, 3.63) is 64.3 Å². The van der Waals surface area contributed by atoms with Gasteiger partial charge in [-0.15, -0.1) is 0 Å². The van der Waals surface area contributed by atoms with Crippen molar-refractivity contribution >= 4 is 11.6 Å². The van der Waals surface area contributed by atoms with Gasteiger partial charge >= 0.3 is 6.18 Å². The number of likely N-dealkylation sites (N-methyl/N-ethyl adjacent to an activating group) is 1. The molecule has 1 aliphatic heterocycles. The van der Waals surface area contributed by atoms with E-state index >= 15 is 0 Å². The number of nitrogens with zero attached hydrogens (tertiary/aromatic N) is 4. The topological polar surface area (TPSA) is 53.8 Å². The zero-order valence-corrected chi connectivity index (χ0v) is 20.7. The number of phenols is 1. The van der Waals surface area contributed by atoms with Crippen molar-refractivity contribution < 1.29 is 23.0 Å². The fraction of sp³-hybridized carbons (Fsp3) is 0.346. The van der Waals surface area contributed by atoms with E-state index in [9.17, 15) is 18.3 Å².